The Kier molecular flexibility index (Phi) is 2.55. The maximum Gasteiger partial charge on any atom is 0.357 e. The lowest BCUT2D eigenvalue weighted by Gasteiger charge is -2.05. The monoisotopic (exact) mass is 252 g/mol. The molecular formula is C10H8N2O4S. The molecule has 0 aliphatic heterocycles. The molecule has 0 radical (unpaired) electrons. The van der Waals surface area contributed by atoms with Crippen LogP contribution in [0.2, 0.25) is 0 Å². The number of aromatic nitrogens is 2. The summed E-state index contributed by atoms with van der Waals surface area (Å²) in [5.74, 6) is -1.41. The molecule has 1 N–H and O–H groups in total. The van der Waals surface area contributed by atoms with E-state index in [4.69, 9.17) is 5.11 Å². The standard InChI is InChI=1S/C10H8N2O4S/c1-17(15,16)9-6-4-2-3-5-7(6)11-12-8(9)10(13)14/h2-5H,1H3,(H,13,14). The first-order chi connectivity index (χ1) is 7.91. The van der Waals surface area contributed by atoms with Crippen molar-refractivity contribution in [2.45, 2.75) is 4.90 Å². The second-order valence-electron chi connectivity index (χ2n) is 3.47. The molecule has 7 heteroatoms. The smallest absolute Gasteiger partial charge is 0.357 e. The lowest BCUT2D eigenvalue weighted by Crippen LogP contribution is -2.12. The summed E-state index contributed by atoms with van der Waals surface area (Å²) in [5.41, 5.74) is -0.205. The van der Waals surface area contributed by atoms with Gasteiger partial charge in [-0.25, -0.2) is 13.2 Å². The van der Waals surface area contributed by atoms with Crippen molar-refractivity contribution in [3.05, 3.63) is 30.0 Å². The van der Waals surface area contributed by atoms with Crippen molar-refractivity contribution in [3.8, 4) is 0 Å². The highest BCUT2D eigenvalue weighted by molar-refractivity contribution is 7.91. The van der Waals surface area contributed by atoms with Gasteiger partial charge in [-0.1, -0.05) is 18.2 Å². The van der Waals surface area contributed by atoms with Crippen LogP contribution in [0.1, 0.15) is 10.5 Å². The summed E-state index contributed by atoms with van der Waals surface area (Å²) in [6.07, 6.45) is 0.947. The van der Waals surface area contributed by atoms with Crippen LogP contribution in [-0.2, 0) is 9.84 Å². The van der Waals surface area contributed by atoms with E-state index in [9.17, 15) is 13.2 Å². The molecule has 0 bridgehead atoms. The second kappa shape index (κ2) is 3.77. The summed E-state index contributed by atoms with van der Waals surface area (Å²) in [7, 11) is -3.69. The van der Waals surface area contributed by atoms with E-state index in [1.807, 2.05) is 0 Å². The molecule has 0 amide bonds. The van der Waals surface area contributed by atoms with Gasteiger partial charge in [0.05, 0.1) is 5.52 Å². The van der Waals surface area contributed by atoms with Crippen LogP contribution in [0.3, 0.4) is 0 Å². The lowest BCUT2D eigenvalue weighted by atomic mass is 10.2. The Morgan fingerprint density at radius 3 is 2.47 bits per heavy atom. The fourth-order valence-electron chi connectivity index (χ4n) is 1.54. The van der Waals surface area contributed by atoms with Gasteiger partial charge in [-0.2, -0.15) is 0 Å². The first-order valence-corrected chi connectivity index (χ1v) is 6.49. The van der Waals surface area contributed by atoms with E-state index >= 15 is 0 Å². The topological polar surface area (TPSA) is 97.2 Å². The van der Waals surface area contributed by atoms with Gasteiger partial charge in [0.25, 0.3) is 0 Å². The van der Waals surface area contributed by atoms with E-state index in [2.05, 4.69) is 10.2 Å². The van der Waals surface area contributed by atoms with E-state index in [1.165, 1.54) is 6.07 Å². The molecule has 0 unspecified atom stereocenters. The van der Waals surface area contributed by atoms with Gasteiger partial charge in [-0.05, 0) is 6.07 Å². The molecule has 0 aliphatic carbocycles. The SMILES string of the molecule is CS(=O)(=O)c1c(C(=O)O)nnc2ccccc12. The van der Waals surface area contributed by atoms with Crippen LogP contribution in [0.15, 0.2) is 29.2 Å². The molecule has 1 heterocycles. The van der Waals surface area contributed by atoms with Crippen molar-refractivity contribution in [3.63, 3.8) is 0 Å². The molecule has 0 saturated heterocycles. The Labute approximate surface area is 96.8 Å². The Morgan fingerprint density at radius 1 is 1.24 bits per heavy atom. The van der Waals surface area contributed by atoms with Crippen LogP contribution in [0.25, 0.3) is 10.9 Å². The van der Waals surface area contributed by atoms with Gasteiger partial charge in [0.1, 0.15) is 4.90 Å². The predicted octanol–water partition coefficient (Wildman–Crippen LogP) is 0.731. The predicted molar refractivity (Wildman–Crippen MR) is 59.6 cm³/mol. The van der Waals surface area contributed by atoms with Crippen molar-refractivity contribution in [2.75, 3.05) is 6.26 Å². The van der Waals surface area contributed by atoms with Gasteiger partial charge >= 0.3 is 5.97 Å². The zero-order chi connectivity index (χ0) is 12.6. The third-order valence-electron chi connectivity index (χ3n) is 2.19. The van der Waals surface area contributed by atoms with Gasteiger partial charge in [-0.15, -0.1) is 10.2 Å². The molecule has 88 valence electrons. The number of hydrogen-bond acceptors (Lipinski definition) is 5. The van der Waals surface area contributed by atoms with Crippen LogP contribution in [0.4, 0.5) is 0 Å². The lowest BCUT2D eigenvalue weighted by molar-refractivity contribution is 0.0685. The van der Waals surface area contributed by atoms with E-state index in [0.29, 0.717) is 5.52 Å². The number of nitrogens with zero attached hydrogens (tertiary/aromatic N) is 2. The average molecular weight is 252 g/mol. The highest BCUT2D eigenvalue weighted by Gasteiger charge is 2.23. The maximum absolute atomic E-state index is 11.6. The summed E-state index contributed by atoms with van der Waals surface area (Å²) in [6.45, 7) is 0. The van der Waals surface area contributed by atoms with Crippen LogP contribution >= 0.6 is 0 Å². The van der Waals surface area contributed by atoms with Crippen molar-refractivity contribution in [2.24, 2.45) is 0 Å². The third kappa shape index (κ3) is 1.96. The largest absolute Gasteiger partial charge is 0.476 e. The van der Waals surface area contributed by atoms with Crippen molar-refractivity contribution < 1.29 is 18.3 Å². The van der Waals surface area contributed by atoms with Crippen LogP contribution in [-0.4, -0.2) is 35.9 Å². The normalized spacial score (nSPS) is 11.6. The van der Waals surface area contributed by atoms with Crippen molar-refractivity contribution in [1.29, 1.82) is 0 Å². The molecule has 0 fully saturated rings. The molecule has 0 aliphatic rings. The Bertz CT molecular complexity index is 709. The molecule has 1 aromatic heterocycles. The number of carboxylic acids is 1. The zero-order valence-electron chi connectivity index (χ0n) is 8.78. The molecule has 17 heavy (non-hydrogen) atoms. The minimum Gasteiger partial charge on any atom is -0.476 e. The van der Waals surface area contributed by atoms with Crippen LogP contribution in [0, 0.1) is 0 Å². The third-order valence-corrected chi connectivity index (χ3v) is 3.35. The summed E-state index contributed by atoms with van der Waals surface area (Å²) in [5, 5.41) is 16.3. The molecule has 1 aromatic carbocycles. The molecule has 2 aromatic rings. The molecule has 0 atom stereocenters. The van der Waals surface area contributed by atoms with Gasteiger partial charge in [0.15, 0.2) is 15.5 Å². The second-order valence-corrected chi connectivity index (χ2v) is 5.42. The van der Waals surface area contributed by atoms with E-state index < -0.39 is 21.5 Å². The van der Waals surface area contributed by atoms with Gasteiger partial charge in [0, 0.05) is 11.6 Å². The molecule has 6 nitrogen and oxygen atoms in total. The number of fused-ring (bicyclic) bond motifs is 1. The number of aromatic carboxylic acids is 1. The maximum atomic E-state index is 11.6. The van der Waals surface area contributed by atoms with Gasteiger partial charge in [-0.3, -0.25) is 0 Å². The first kappa shape index (κ1) is 11.5. The fourth-order valence-corrected chi connectivity index (χ4v) is 2.60. The molecule has 0 spiro atoms. The summed E-state index contributed by atoms with van der Waals surface area (Å²) in [4.78, 5) is 10.6. The minimum atomic E-state index is -3.69. The zero-order valence-corrected chi connectivity index (χ0v) is 9.60. The highest BCUT2D eigenvalue weighted by atomic mass is 32.2. The van der Waals surface area contributed by atoms with E-state index in [0.717, 1.165) is 6.26 Å². The molecular weight excluding hydrogens is 244 g/mol. The Morgan fingerprint density at radius 2 is 1.88 bits per heavy atom. The van der Waals surface area contributed by atoms with E-state index in [1.54, 1.807) is 18.2 Å². The Balaban J connectivity index is 3.00. The molecule has 0 saturated carbocycles. The van der Waals surface area contributed by atoms with Gasteiger partial charge < -0.3 is 5.11 Å². The average Bonchev–Trinajstić information content (AvgIpc) is 2.26. The van der Waals surface area contributed by atoms with Crippen molar-refractivity contribution >= 4 is 26.7 Å². The number of benzene rings is 1. The number of sulfone groups is 1. The van der Waals surface area contributed by atoms with Crippen LogP contribution in [0.5, 0.6) is 0 Å². The number of carbonyl (C=O) groups is 1. The number of hydrogen-bond donors (Lipinski definition) is 1. The van der Waals surface area contributed by atoms with Crippen molar-refractivity contribution in [1.82, 2.24) is 10.2 Å². The first-order valence-electron chi connectivity index (χ1n) is 4.60. The van der Waals surface area contributed by atoms with E-state index in [-0.39, 0.29) is 10.3 Å². The van der Waals surface area contributed by atoms with Gasteiger partial charge in [0.2, 0.25) is 0 Å². The summed E-state index contributed by atoms with van der Waals surface area (Å²) < 4.78 is 23.3. The Hall–Kier alpha value is -2.02. The fraction of sp³-hybridized carbons (Fsp3) is 0.100. The summed E-state index contributed by atoms with van der Waals surface area (Å²) >= 11 is 0. The number of rotatable bonds is 2. The number of carboxylic acid groups (broad SMARTS) is 1. The minimum absolute atomic E-state index is 0.266. The summed E-state index contributed by atoms with van der Waals surface area (Å²) in [6, 6.07) is 6.36. The molecule has 2 rings (SSSR count). The van der Waals surface area contributed by atoms with Crippen LogP contribution < -0.4 is 0 Å². The quantitative estimate of drug-likeness (QED) is 0.846. The highest BCUT2D eigenvalue weighted by Crippen LogP contribution is 2.23.